The molecule has 9 nitrogen and oxygen atoms in total. The second-order valence-corrected chi connectivity index (χ2v) is 11.3. The third-order valence-corrected chi connectivity index (χ3v) is 8.79. The van der Waals surface area contributed by atoms with Crippen LogP contribution < -0.4 is 27.6 Å². The van der Waals surface area contributed by atoms with Crippen molar-refractivity contribution in [2.24, 2.45) is 5.73 Å². The third-order valence-electron chi connectivity index (χ3n) is 7.75. The number of pyridine rings is 1. The molecule has 2 aliphatic heterocycles. The van der Waals surface area contributed by atoms with Crippen LogP contribution in [0.1, 0.15) is 63.5 Å². The smallest absolute Gasteiger partial charge is 0.333 e. The normalized spacial score (nSPS) is 28.2. The molecule has 3 aliphatic rings. The van der Waals surface area contributed by atoms with Gasteiger partial charge in [-0.15, -0.1) is 0 Å². The lowest BCUT2D eigenvalue weighted by atomic mass is 9.87. The van der Waals surface area contributed by atoms with E-state index in [1.165, 1.54) is 10.6 Å². The summed E-state index contributed by atoms with van der Waals surface area (Å²) in [5, 5.41) is 6.43. The highest BCUT2D eigenvalue weighted by Gasteiger charge is 2.37. The minimum Gasteiger partial charge on any atom is -0.352 e. The van der Waals surface area contributed by atoms with Crippen molar-refractivity contribution in [3.63, 3.8) is 0 Å². The van der Waals surface area contributed by atoms with Crippen molar-refractivity contribution >= 4 is 28.7 Å². The molecule has 1 saturated carbocycles. The zero-order chi connectivity index (χ0) is 24.6. The van der Waals surface area contributed by atoms with E-state index in [2.05, 4.69) is 15.6 Å². The fraction of sp³-hybridized carbons (Fsp3) is 0.667. The Morgan fingerprint density at radius 1 is 1.14 bits per heavy atom. The second-order valence-electron chi connectivity index (χ2n) is 10.1. The molecule has 0 spiro atoms. The number of fused-ring (bicyclic) bond motifs is 1. The van der Waals surface area contributed by atoms with Gasteiger partial charge in [-0.05, 0) is 75.5 Å². The number of halogens is 1. The Morgan fingerprint density at radius 2 is 1.86 bits per heavy atom. The molecule has 2 aromatic heterocycles. The van der Waals surface area contributed by atoms with E-state index < -0.39 is 16.9 Å². The fourth-order valence-electron chi connectivity index (χ4n) is 5.73. The van der Waals surface area contributed by atoms with Crippen molar-refractivity contribution < 1.29 is 9.18 Å². The summed E-state index contributed by atoms with van der Waals surface area (Å²) in [5.41, 5.74) is 4.85. The van der Waals surface area contributed by atoms with Gasteiger partial charge in [-0.25, -0.2) is 14.2 Å². The van der Waals surface area contributed by atoms with Crippen LogP contribution in [0.25, 0.3) is 11.0 Å². The Balaban J connectivity index is 1.40. The minimum absolute atomic E-state index is 0.0473. The number of nitrogens with zero attached hydrogens (tertiary/aromatic N) is 3. The molecule has 35 heavy (non-hydrogen) atoms. The Hall–Kier alpha value is -2.24. The van der Waals surface area contributed by atoms with E-state index in [4.69, 9.17) is 5.73 Å². The van der Waals surface area contributed by atoms with Crippen LogP contribution in [0.2, 0.25) is 0 Å². The van der Waals surface area contributed by atoms with Crippen molar-refractivity contribution in [2.75, 3.05) is 24.6 Å². The Kier molecular flexibility index (Phi) is 7.00. The summed E-state index contributed by atoms with van der Waals surface area (Å²) in [6.45, 7) is 1.33. The maximum Gasteiger partial charge on any atom is 0.333 e. The Bertz CT molecular complexity index is 1210. The van der Waals surface area contributed by atoms with Gasteiger partial charge in [-0.2, -0.15) is 11.8 Å². The fourth-order valence-corrected chi connectivity index (χ4v) is 6.81. The molecule has 11 heteroatoms. The summed E-state index contributed by atoms with van der Waals surface area (Å²) < 4.78 is 17.0. The summed E-state index contributed by atoms with van der Waals surface area (Å²) in [4.78, 5) is 44.1. The number of aromatic nitrogens is 3. The molecule has 2 aromatic rings. The lowest BCUT2D eigenvalue weighted by Crippen LogP contribution is -2.63. The van der Waals surface area contributed by atoms with Crippen LogP contribution in [-0.2, 0) is 4.79 Å². The molecule has 0 radical (unpaired) electrons. The van der Waals surface area contributed by atoms with Gasteiger partial charge in [0.05, 0.1) is 11.6 Å². The summed E-state index contributed by atoms with van der Waals surface area (Å²) in [6, 6.07) is 0.785. The predicted octanol–water partition coefficient (Wildman–Crippen LogP) is 1.45. The standard InChI is InChI=1S/C24H33FN6O3S/c25-15-12-19-20(28-13-15)30(18-6-10-35-11-7-18)23(34)31(21(19)32)17-4-2-16(3-5-17)29-22(33)24(26)8-1-9-27-14-24/h12-13,16-18,27H,1-11,14,26H2,(H,29,33). The highest BCUT2D eigenvalue weighted by molar-refractivity contribution is 7.99. The zero-order valence-corrected chi connectivity index (χ0v) is 20.6. The number of thioether (sulfide) groups is 1. The van der Waals surface area contributed by atoms with Crippen molar-refractivity contribution in [2.45, 2.75) is 75.0 Å². The van der Waals surface area contributed by atoms with Gasteiger partial charge in [0.25, 0.3) is 5.56 Å². The number of carbonyl (C=O) groups excluding carboxylic acids is 1. The quantitative estimate of drug-likeness (QED) is 0.576. The molecule has 0 aromatic carbocycles. The van der Waals surface area contributed by atoms with Gasteiger partial charge in [-0.3, -0.25) is 18.7 Å². The molecule has 1 atom stereocenters. The molecule has 190 valence electrons. The van der Waals surface area contributed by atoms with Gasteiger partial charge >= 0.3 is 5.69 Å². The van der Waals surface area contributed by atoms with Gasteiger partial charge in [0, 0.05) is 24.7 Å². The van der Waals surface area contributed by atoms with Crippen LogP contribution in [-0.4, -0.2) is 56.2 Å². The third kappa shape index (κ3) is 4.77. The van der Waals surface area contributed by atoms with Crippen LogP contribution >= 0.6 is 11.8 Å². The van der Waals surface area contributed by atoms with Crippen LogP contribution in [0.15, 0.2) is 21.9 Å². The number of nitrogens with one attached hydrogen (secondary N) is 2. The number of rotatable bonds is 4. The summed E-state index contributed by atoms with van der Waals surface area (Å²) in [6.07, 6.45) is 6.64. The summed E-state index contributed by atoms with van der Waals surface area (Å²) in [7, 11) is 0. The molecule has 1 amide bonds. The van der Waals surface area contributed by atoms with E-state index in [9.17, 15) is 18.8 Å². The van der Waals surface area contributed by atoms with Gasteiger partial charge in [0.15, 0.2) is 0 Å². The first-order valence-electron chi connectivity index (χ1n) is 12.6. The van der Waals surface area contributed by atoms with Gasteiger partial charge in [0.1, 0.15) is 17.0 Å². The van der Waals surface area contributed by atoms with Crippen LogP contribution in [0.4, 0.5) is 4.39 Å². The first-order chi connectivity index (χ1) is 16.9. The number of piperidine rings is 1. The van der Waals surface area contributed by atoms with Crippen LogP contribution in [0, 0.1) is 5.82 Å². The highest BCUT2D eigenvalue weighted by atomic mass is 32.2. The van der Waals surface area contributed by atoms with Crippen molar-refractivity contribution in [3.8, 4) is 0 Å². The molecule has 3 fully saturated rings. The second kappa shape index (κ2) is 10.0. The highest BCUT2D eigenvalue weighted by Crippen LogP contribution is 2.30. The molecular weight excluding hydrogens is 471 g/mol. The van der Waals surface area contributed by atoms with E-state index in [0.29, 0.717) is 38.6 Å². The van der Waals surface area contributed by atoms with Gasteiger partial charge < -0.3 is 16.4 Å². The number of hydrogen-bond donors (Lipinski definition) is 3. The first kappa shape index (κ1) is 24.5. The maximum atomic E-state index is 14.1. The van der Waals surface area contributed by atoms with Gasteiger partial charge in [0.2, 0.25) is 5.91 Å². The average Bonchev–Trinajstić information content (AvgIpc) is 2.87. The van der Waals surface area contributed by atoms with Crippen LogP contribution in [0.5, 0.6) is 0 Å². The summed E-state index contributed by atoms with van der Waals surface area (Å²) >= 11 is 1.85. The largest absolute Gasteiger partial charge is 0.352 e. The topological polar surface area (TPSA) is 124 Å². The van der Waals surface area contributed by atoms with Crippen LogP contribution in [0.3, 0.4) is 0 Å². The monoisotopic (exact) mass is 504 g/mol. The summed E-state index contributed by atoms with van der Waals surface area (Å²) in [5.74, 6) is 1.13. The van der Waals surface area contributed by atoms with E-state index in [0.717, 1.165) is 43.5 Å². The van der Waals surface area contributed by atoms with Gasteiger partial charge in [-0.1, -0.05) is 0 Å². The van der Waals surface area contributed by atoms with Crippen molar-refractivity contribution in [1.29, 1.82) is 0 Å². The van der Waals surface area contributed by atoms with E-state index in [1.54, 1.807) is 4.57 Å². The van der Waals surface area contributed by atoms with E-state index in [-0.39, 0.29) is 40.8 Å². The lowest BCUT2D eigenvalue weighted by Gasteiger charge is -2.36. The molecule has 1 aliphatic carbocycles. The molecule has 0 bridgehead atoms. The Labute approximate surface area is 207 Å². The first-order valence-corrected chi connectivity index (χ1v) is 13.7. The average molecular weight is 505 g/mol. The van der Waals surface area contributed by atoms with Crippen molar-refractivity contribution in [1.82, 2.24) is 24.8 Å². The molecule has 4 heterocycles. The number of amides is 1. The molecule has 5 rings (SSSR count). The SMILES string of the molecule is NC1(C(=O)NC2CCC(n3c(=O)c4cc(F)cnc4n(C4CCSCC4)c3=O)CC2)CCCNC1. The van der Waals surface area contributed by atoms with Crippen molar-refractivity contribution in [3.05, 3.63) is 38.9 Å². The van der Waals surface area contributed by atoms with E-state index >= 15 is 0 Å². The zero-order valence-electron chi connectivity index (χ0n) is 19.8. The molecule has 1 unspecified atom stereocenters. The predicted molar refractivity (Wildman–Crippen MR) is 134 cm³/mol. The number of nitrogens with two attached hydrogens (primary N) is 1. The molecule has 4 N–H and O–H groups in total. The minimum atomic E-state index is -0.895. The maximum absolute atomic E-state index is 14.1. The number of hydrogen-bond acceptors (Lipinski definition) is 7. The molecule has 2 saturated heterocycles. The Morgan fingerprint density at radius 3 is 2.54 bits per heavy atom. The van der Waals surface area contributed by atoms with E-state index in [1.807, 2.05) is 11.8 Å². The molecular formula is C24H33FN6O3S. The lowest BCUT2D eigenvalue weighted by molar-refractivity contribution is -0.128. The number of carbonyl (C=O) groups is 1.